The molecule has 1 aliphatic rings. The lowest BCUT2D eigenvalue weighted by Gasteiger charge is -2.16. The summed E-state index contributed by atoms with van der Waals surface area (Å²) >= 11 is 1.70. The van der Waals surface area contributed by atoms with Crippen molar-refractivity contribution >= 4 is 28.4 Å². The van der Waals surface area contributed by atoms with Gasteiger partial charge in [-0.3, -0.25) is 4.79 Å². The molecule has 0 bridgehead atoms. The number of benzene rings is 2. The fourth-order valence-corrected chi connectivity index (χ4v) is 3.81. The normalized spacial score (nSPS) is 21.1. The van der Waals surface area contributed by atoms with Crippen LogP contribution < -0.4 is 5.32 Å². The Balaban J connectivity index is 1.64. The lowest BCUT2D eigenvalue weighted by Crippen LogP contribution is -2.38. The van der Waals surface area contributed by atoms with E-state index in [1.54, 1.807) is 11.8 Å². The van der Waals surface area contributed by atoms with Crippen LogP contribution in [0.25, 0.3) is 10.8 Å². The minimum absolute atomic E-state index is 0.0698. The molecule has 0 aliphatic heterocycles. The second kappa shape index (κ2) is 7.37. The first-order valence-electron chi connectivity index (χ1n) is 8.12. The Bertz CT molecular complexity index is 682. The van der Waals surface area contributed by atoms with Gasteiger partial charge in [0, 0.05) is 24.3 Å². The van der Waals surface area contributed by atoms with Crippen LogP contribution in [-0.2, 0) is 4.79 Å². The van der Waals surface area contributed by atoms with E-state index in [4.69, 9.17) is 5.11 Å². The summed E-state index contributed by atoms with van der Waals surface area (Å²) < 4.78 is 0. The zero-order valence-electron chi connectivity index (χ0n) is 13.4. The molecule has 2 aromatic rings. The van der Waals surface area contributed by atoms with Crippen LogP contribution in [0.4, 0.5) is 0 Å². The molecule has 0 saturated heterocycles. The summed E-state index contributed by atoms with van der Waals surface area (Å²) in [6.07, 6.45) is 3.57. The number of nitrogens with one attached hydrogen (secondary N) is 1. The SMILES string of the molecule is CSCC(CCO)NC(=O)C1CC1c1ccc2ccccc2c1. The van der Waals surface area contributed by atoms with Crippen LogP contribution in [0, 0.1) is 5.92 Å². The quantitative estimate of drug-likeness (QED) is 0.820. The van der Waals surface area contributed by atoms with Gasteiger partial charge in [-0.15, -0.1) is 0 Å². The molecule has 3 rings (SSSR count). The van der Waals surface area contributed by atoms with Gasteiger partial charge in [0.25, 0.3) is 0 Å². The topological polar surface area (TPSA) is 49.3 Å². The van der Waals surface area contributed by atoms with Crippen LogP contribution in [0.2, 0.25) is 0 Å². The predicted molar refractivity (Wildman–Crippen MR) is 96.8 cm³/mol. The molecule has 0 aromatic heterocycles. The highest BCUT2D eigenvalue weighted by Gasteiger charge is 2.44. The van der Waals surface area contributed by atoms with Crippen LogP contribution in [0.3, 0.4) is 0 Å². The number of carbonyl (C=O) groups is 1. The molecule has 1 fully saturated rings. The molecule has 0 spiro atoms. The van der Waals surface area contributed by atoms with Crippen molar-refractivity contribution < 1.29 is 9.90 Å². The van der Waals surface area contributed by atoms with E-state index in [9.17, 15) is 4.79 Å². The van der Waals surface area contributed by atoms with E-state index in [-0.39, 0.29) is 24.5 Å². The summed E-state index contributed by atoms with van der Waals surface area (Å²) in [5.41, 5.74) is 1.26. The van der Waals surface area contributed by atoms with Gasteiger partial charge in [-0.1, -0.05) is 42.5 Å². The molecular formula is C19H23NO2S. The van der Waals surface area contributed by atoms with Crippen molar-refractivity contribution in [2.45, 2.75) is 24.8 Å². The van der Waals surface area contributed by atoms with Gasteiger partial charge in [0.1, 0.15) is 0 Å². The Morgan fingerprint density at radius 1 is 1.30 bits per heavy atom. The minimum atomic E-state index is 0.0698. The smallest absolute Gasteiger partial charge is 0.223 e. The Morgan fingerprint density at radius 2 is 2.09 bits per heavy atom. The second-order valence-electron chi connectivity index (χ2n) is 6.23. The van der Waals surface area contributed by atoms with E-state index in [1.165, 1.54) is 16.3 Å². The molecule has 0 heterocycles. The Morgan fingerprint density at radius 3 is 2.83 bits per heavy atom. The molecule has 0 radical (unpaired) electrons. The second-order valence-corrected chi connectivity index (χ2v) is 7.14. The van der Waals surface area contributed by atoms with E-state index in [1.807, 2.05) is 18.4 Å². The number of rotatable bonds is 7. The van der Waals surface area contributed by atoms with Crippen molar-refractivity contribution in [2.75, 3.05) is 18.6 Å². The highest BCUT2D eigenvalue weighted by molar-refractivity contribution is 7.98. The summed E-state index contributed by atoms with van der Waals surface area (Å²) in [5.74, 6) is 1.40. The highest BCUT2D eigenvalue weighted by Crippen LogP contribution is 2.48. The first kappa shape index (κ1) is 16.3. The number of hydrogen-bond donors (Lipinski definition) is 2. The maximum Gasteiger partial charge on any atom is 0.223 e. The van der Waals surface area contributed by atoms with Crippen LogP contribution in [0.5, 0.6) is 0 Å². The van der Waals surface area contributed by atoms with Crippen molar-refractivity contribution in [2.24, 2.45) is 5.92 Å². The molecule has 2 N–H and O–H groups in total. The largest absolute Gasteiger partial charge is 0.396 e. The van der Waals surface area contributed by atoms with E-state index >= 15 is 0 Å². The van der Waals surface area contributed by atoms with Crippen LogP contribution in [0.1, 0.15) is 24.3 Å². The molecule has 2 aromatic carbocycles. The fourth-order valence-electron chi connectivity index (χ4n) is 3.15. The number of hydrogen-bond acceptors (Lipinski definition) is 3. The molecule has 3 atom stereocenters. The average Bonchev–Trinajstić information content (AvgIpc) is 3.35. The molecule has 23 heavy (non-hydrogen) atoms. The summed E-state index contributed by atoms with van der Waals surface area (Å²) in [4.78, 5) is 12.4. The van der Waals surface area contributed by atoms with E-state index in [0.29, 0.717) is 12.3 Å². The molecule has 4 heteroatoms. The van der Waals surface area contributed by atoms with Crippen molar-refractivity contribution in [1.82, 2.24) is 5.32 Å². The van der Waals surface area contributed by atoms with Gasteiger partial charge in [0.15, 0.2) is 0 Å². The zero-order valence-corrected chi connectivity index (χ0v) is 14.2. The Hall–Kier alpha value is -1.52. The number of aliphatic hydroxyl groups is 1. The lowest BCUT2D eigenvalue weighted by atomic mass is 10.0. The number of carbonyl (C=O) groups excluding carboxylic acids is 1. The Labute approximate surface area is 141 Å². The maximum absolute atomic E-state index is 12.4. The standard InChI is InChI=1S/C19H23NO2S/c1-23-12-16(8-9-21)20-19(22)18-11-17(18)15-7-6-13-4-2-3-5-14(13)10-15/h2-7,10,16-18,21H,8-9,11-12H2,1H3,(H,20,22). The van der Waals surface area contributed by atoms with Crippen molar-refractivity contribution in [3.63, 3.8) is 0 Å². The van der Waals surface area contributed by atoms with E-state index in [2.05, 4.69) is 35.6 Å². The predicted octanol–water partition coefficient (Wildman–Crippen LogP) is 3.17. The summed E-state index contributed by atoms with van der Waals surface area (Å²) in [6.45, 7) is 0.115. The number of thioether (sulfide) groups is 1. The van der Waals surface area contributed by atoms with Gasteiger partial charge in [0.05, 0.1) is 0 Å². The van der Waals surface area contributed by atoms with Crippen molar-refractivity contribution in [3.05, 3.63) is 48.0 Å². The summed E-state index contributed by atoms with van der Waals surface area (Å²) in [7, 11) is 0. The molecule has 122 valence electrons. The Kier molecular flexibility index (Phi) is 5.23. The van der Waals surface area contributed by atoms with Crippen molar-refractivity contribution in [3.8, 4) is 0 Å². The molecule has 3 nitrogen and oxygen atoms in total. The first-order chi connectivity index (χ1) is 11.2. The highest BCUT2D eigenvalue weighted by atomic mass is 32.2. The monoisotopic (exact) mass is 329 g/mol. The summed E-state index contributed by atoms with van der Waals surface area (Å²) in [5, 5.41) is 14.7. The van der Waals surface area contributed by atoms with Gasteiger partial charge in [0.2, 0.25) is 5.91 Å². The van der Waals surface area contributed by atoms with E-state index in [0.717, 1.165) is 12.2 Å². The van der Waals surface area contributed by atoms with Gasteiger partial charge < -0.3 is 10.4 Å². The van der Waals surface area contributed by atoms with Gasteiger partial charge in [-0.05, 0) is 41.4 Å². The van der Waals surface area contributed by atoms with Crippen LogP contribution >= 0.6 is 11.8 Å². The molecule has 1 aliphatic carbocycles. The molecule has 1 saturated carbocycles. The molecular weight excluding hydrogens is 306 g/mol. The third kappa shape index (κ3) is 3.88. The number of fused-ring (bicyclic) bond motifs is 1. The third-order valence-corrected chi connectivity index (χ3v) is 5.26. The molecule has 3 unspecified atom stereocenters. The van der Waals surface area contributed by atoms with Crippen molar-refractivity contribution in [1.29, 1.82) is 0 Å². The lowest BCUT2D eigenvalue weighted by molar-refractivity contribution is -0.123. The van der Waals surface area contributed by atoms with E-state index < -0.39 is 0 Å². The number of aliphatic hydroxyl groups excluding tert-OH is 1. The first-order valence-corrected chi connectivity index (χ1v) is 9.51. The zero-order chi connectivity index (χ0) is 16.2. The average molecular weight is 329 g/mol. The molecule has 1 amide bonds. The minimum Gasteiger partial charge on any atom is -0.396 e. The van der Waals surface area contributed by atoms with Gasteiger partial charge in [-0.25, -0.2) is 0 Å². The van der Waals surface area contributed by atoms with Crippen LogP contribution in [0.15, 0.2) is 42.5 Å². The van der Waals surface area contributed by atoms with Crippen LogP contribution in [-0.4, -0.2) is 35.7 Å². The van der Waals surface area contributed by atoms with Gasteiger partial charge in [-0.2, -0.15) is 11.8 Å². The maximum atomic E-state index is 12.4. The fraction of sp³-hybridized carbons (Fsp3) is 0.421. The third-order valence-electron chi connectivity index (χ3n) is 4.52. The summed E-state index contributed by atoms with van der Waals surface area (Å²) in [6, 6.07) is 14.9. The number of amides is 1. The van der Waals surface area contributed by atoms with Gasteiger partial charge >= 0.3 is 0 Å².